The maximum absolute atomic E-state index is 12.6. The fourth-order valence-corrected chi connectivity index (χ4v) is 3.94. The van der Waals surface area contributed by atoms with Crippen molar-refractivity contribution in [1.29, 1.82) is 0 Å². The van der Waals surface area contributed by atoms with Crippen molar-refractivity contribution in [2.24, 2.45) is 0 Å². The Labute approximate surface area is 186 Å². The van der Waals surface area contributed by atoms with Crippen LogP contribution in [0.25, 0.3) is 6.08 Å². The molecule has 0 saturated carbocycles. The predicted octanol–water partition coefficient (Wildman–Crippen LogP) is 4.77. The van der Waals surface area contributed by atoms with E-state index in [0.717, 1.165) is 4.90 Å². The lowest BCUT2D eigenvalue weighted by molar-refractivity contribution is -0.127. The van der Waals surface area contributed by atoms with Crippen LogP contribution in [0.15, 0.2) is 41.3 Å². The first-order valence-electron chi connectivity index (χ1n) is 8.74. The number of phenols is 1. The van der Waals surface area contributed by atoms with Crippen LogP contribution in [0.3, 0.4) is 0 Å². The van der Waals surface area contributed by atoms with Gasteiger partial charge in [-0.25, -0.2) is 0 Å². The maximum Gasteiger partial charge on any atom is 0.294 e. The number of carbonyl (C=O) groups is 3. The number of nitrogens with one attached hydrogen (secondary N) is 1. The zero-order chi connectivity index (χ0) is 21.8. The van der Waals surface area contributed by atoms with Gasteiger partial charge in [-0.2, -0.15) is 0 Å². The summed E-state index contributed by atoms with van der Waals surface area (Å²) in [6, 6.07) is 9.56. The summed E-state index contributed by atoms with van der Waals surface area (Å²) < 4.78 is 5.33. The van der Waals surface area contributed by atoms with Crippen molar-refractivity contribution in [2.75, 3.05) is 18.5 Å². The number of imide groups is 1. The molecule has 1 fully saturated rings. The molecule has 0 radical (unpaired) electrons. The summed E-state index contributed by atoms with van der Waals surface area (Å²) in [6.07, 6.45) is 1.42. The fourth-order valence-electron chi connectivity index (χ4n) is 2.60. The van der Waals surface area contributed by atoms with Crippen LogP contribution in [0.2, 0.25) is 10.0 Å². The highest BCUT2D eigenvalue weighted by Crippen LogP contribution is 2.36. The van der Waals surface area contributed by atoms with Gasteiger partial charge < -0.3 is 15.2 Å². The highest BCUT2D eigenvalue weighted by atomic mass is 35.5. The molecule has 1 saturated heterocycles. The van der Waals surface area contributed by atoms with E-state index >= 15 is 0 Å². The summed E-state index contributed by atoms with van der Waals surface area (Å²) in [5.74, 6) is -0.721. The predicted molar refractivity (Wildman–Crippen MR) is 117 cm³/mol. The highest BCUT2D eigenvalue weighted by molar-refractivity contribution is 8.18. The molecule has 3 rings (SSSR count). The summed E-state index contributed by atoms with van der Waals surface area (Å²) >= 11 is 12.5. The quantitative estimate of drug-likeness (QED) is 0.595. The van der Waals surface area contributed by atoms with E-state index < -0.39 is 23.6 Å². The number of rotatable bonds is 6. The van der Waals surface area contributed by atoms with E-state index in [1.54, 1.807) is 24.3 Å². The second-order valence-electron chi connectivity index (χ2n) is 6.11. The molecule has 0 spiro atoms. The smallest absolute Gasteiger partial charge is 0.294 e. The molecular weight excluding hydrogens is 451 g/mol. The van der Waals surface area contributed by atoms with Crippen LogP contribution in [0.5, 0.6) is 11.5 Å². The van der Waals surface area contributed by atoms with Crippen molar-refractivity contribution in [3.05, 3.63) is 56.9 Å². The van der Waals surface area contributed by atoms with Crippen LogP contribution in [-0.4, -0.2) is 40.2 Å². The van der Waals surface area contributed by atoms with Crippen LogP contribution >= 0.6 is 35.0 Å². The van der Waals surface area contributed by atoms with Gasteiger partial charge in [0.2, 0.25) is 5.91 Å². The molecule has 2 N–H and O–H groups in total. The first-order valence-corrected chi connectivity index (χ1v) is 10.3. The Kier molecular flexibility index (Phi) is 6.91. The van der Waals surface area contributed by atoms with Gasteiger partial charge in [-0.15, -0.1) is 0 Å². The standard InChI is InChI=1S/C20H16Cl2N2O5S/c1-2-29-13-5-3-12(4-6-13)23-17(25)10-24-19(27)16(30-20(24)28)9-11-7-14(21)18(26)15(22)8-11/h3-9,26H,2,10H2,1H3,(H,23,25)/b16-9+. The van der Waals surface area contributed by atoms with Crippen molar-refractivity contribution in [3.8, 4) is 11.5 Å². The fraction of sp³-hybridized carbons (Fsp3) is 0.150. The normalized spacial score (nSPS) is 15.0. The molecule has 2 aromatic rings. The number of thioether (sulfide) groups is 1. The van der Waals surface area contributed by atoms with Gasteiger partial charge in [0.25, 0.3) is 11.1 Å². The number of hydrogen-bond acceptors (Lipinski definition) is 6. The Balaban J connectivity index is 1.68. The van der Waals surface area contributed by atoms with E-state index in [0.29, 0.717) is 35.4 Å². The zero-order valence-corrected chi connectivity index (χ0v) is 18.0. The van der Waals surface area contributed by atoms with Crippen LogP contribution in [0.4, 0.5) is 10.5 Å². The molecule has 0 aliphatic carbocycles. The molecule has 2 aromatic carbocycles. The maximum atomic E-state index is 12.6. The van der Waals surface area contributed by atoms with Crippen molar-refractivity contribution in [2.45, 2.75) is 6.92 Å². The van der Waals surface area contributed by atoms with Gasteiger partial charge in [0.1, 0.15) is 12.3 Å². The van der Waals surface area contributed by atoms with Gasteiger partial charge in [-0.3, -0.25) is 19.3 Å². The van der Waals surface area contributed by atoms with Gasteiger partial charge in [-0.05, 0) is 66.7 Å². The number of amides is 3. The third-order valence-electron chi connectivity index (χ3n) is 3.96. The summed E-state index contributed by atoms with van der Waals surface area (Å²) in [5.41, 5.74) is 0.950. The van der Waals surface area contributed by atoms with Crippen molar-refractivity contribution in [3.63, 3.8) is 0 Å². The lowest BCUT2D eigenvalue weighted by Crippen LogP contribution is -2.36. The SMILES string of the molecule is CCOc1ccc(NC(=O)CN2C(=O)S/C(=C/c3cc(Cl)c(O)c(Cl)c3)C2=O)cc1. The van der Waals surface area contributed by atoms with Crippen molar-refractivity contribution in [1.82, 2.24) is 4.90 Å². The first-order chi connectivity index (χ1) is 14.3. The largest absolute Gasteiger partial charge is 0.505 e. The van der Waals surface area contributed by atoms with E-state index in [9.17, 15) is 19.5 Å². The molecule has 1 aliphatic rings. The lowest BCUT2D eigenvalue weighted by Gasteiger charge is -2.12. The van der Waals surface area contributed by atoms with Crippen LogP contribution in [0.1, 0.15) is 12.5 Å². The van der Waals surface area contributed by atoms with Crippen molar-refractivity contribution >= 4 is 63.8 Å². The minimum Gasteiger partial charge on any atom is -0.505 e. The molecule has 3 amide bonds. The number of halogens is 2. The average Bonchev–Trinajstić information content (AvgIpc) is 2.95. The number of carbonyl (C=O) groups excluding carboxylic acids is 3. The lowest BCUT2D eigenvalue weighted by atomic mass is 10.2. The number of aromatic hydroxyl groups is 1. The van der Waals surface area contributed by atoms with Crippen LogP contribution in [0, 0.1) is 0 Å². The first kappa shape index (κ1) is 22.0. The molecule has 0 unspecified atom stereocenters. The summed E-state index contributed by atoms with van der Waals surface area (Å²) in [7, 11) is 0. The Morgan fingerprint density at radius 2 is 1.83 bits per heavy atom. The molecular formula is C20H16Cl2N2O5S. The Bertz CT molecular complexity index is 1020. The van der Waals surface area contributed by atoms with Gasteiger partial charge in [0.05, 0.1) is 21.6 Å². The number of benzene rings is 2. The van der Waals surface area contributed by atoms with Crippen LogP contribution < -0.4 is 10.1 Å². The Hall–Kier alpha value is -2.68. The molecule has 30 heavy (non-hydrogen) atoms. The summed E-state index contributed by atoms with van der Waals surface area (Å²) in [4.78, 5) is 38.0. The minimum atomic E-state index is -0.604. The van der Waals surface area contributed by atoms with Gasteiger partial charge in [0, 0.05) is 5.69 Å². The van der Waals surface area contributed by atoms with E-state index in [1.807, 2.05) is 6.92 Å². The Morgan fingerprint density at radius 3 is 2.43 bits per heavy atom. The molecule has 7 nitrogen and oxygen atoms in total. The Morgan fingerprint density at radius 1 is 1.20 bits per heavy atom. The van der Waals surface area contributed by atoms with Gasteiger partial charge >= 0.3 is 0 Å². The number of anilines is 1. The molecule has 1 heterocycles. The topological polar surface area (TPSA) is 95.9 Å². The number of nitrogens with zero attached hydrogens (tertiary/aromatic N) is 1. The van der Waals surface area contributed by atoms with Crippen LogP contribution in [-0.2, 0) is 9.59 Å². The zero-order valence-electron chi connectivity index (χ0n) is 15.6. The van der Waals surface area contributed by atoms with E-state index in [1.165, 1.54) is 18.2 Å². The second-order valence-corrected chi connectivity index (χ2v) is 7.91. The third kappa shape index (κ3) is 5.08. The van der Waals surface area contributed by atoms with E-state index in [4.69, 9.17) is 27.9 Å². The molecule has 10 heteroatoms. The minimum absolute atomic E-state index is 0.0164. The molecule has 1 aliphatic heterocycles. The molecule has 0 atom stereocenters. The molecule has 0 bridgehead atoms. The van der Waals surface area contributed by atoms with Gasteiger partial charge in [-0.1, -0.05) is 23.2 Å². The monoisotopic (exact) mass is 466 g/mol. The third-order valence-corrected chi connectivity index (χ3v) is 5.44. The average molecular weight is 467 g/mol. The van der Waals surface area contributed by atoms with Gasteiger partial charge in [0.15, 0.2) is 5.75 Å². The number of hydrogen-bond donors (Lipinski definition) is 2. The van der Waals surface area contributed by atoms with Crippen molar-refractivity contribution < 1.29 is 24.2 Å². The van der Waals surface area contributed by atoms with E-state index in [-0.39, 0.29) is 20.7 Å². The molecule has 156 valence electrons. The van der Waals surface area contributed by atoms with E-state index in [2.05, 4.69) is 5.32 Å². The summed E-state index contributed by atoms with van der Waals surface area (Å²) in [5, 5.41) is 11.7. The second kappa shape index (κ2) is 9.42. The summed E-state index contributed by atoms with van der Waals surface area (Å²) in [6.45, 7) is 1.97. The number of ether oxygens (including phenoxy) is 1. The molecule has 0 aromatic heterocycles. The number of phenolic OH excluding ortho intramolecular Hbond substituents is 1. The highest BCUT2D eigenvalue weighted by Gasteiger charge is 2.36.